The first-order valence-electron chi connectivity index (χ1n) is 5.18. The van der Waals surface area contributed by atoms with E-state index in [2.05, 4.69) is 10.6 Å². The van der Waals surface area contributed by atoms with Gasteiger partial charge in [0.25, 0.3) is 0 Å². The standard InChI is InChI=1S/C9H18N4O2/c10-2-4-12-9(15)7-13-5-1-3-11-8(14)6-13/h1-7,10H2,(H,11,14)(H,12,15). The molecule has 0 aromatic heterocycles. The van der Waals surface area contributed by atoms with Crippen molar-refractivity contribution in [2.45, 2.75) is 6.42 Å². The van der Waals surface area contributed by atoms with Gasteiger partial charge in [0.1, 0.15) is 0 Å². The number of nitrogens with one attached hydrogen (secondary N) is 2. The molecular formula is C9H18N4O2. The van der Waals surface area contributed by atoms with Crippen molar-refractivity contribution in [1.29, 1.82) is 0 Å². The van der Waals surface area contributed by atoms with E-state index in [-0.39, 0.29) is 18.4 Å². The Labute approximate surface area is 89.2 Å². The lowest BCUT2D eigenvalue weighted by atomic mass is 10.4. The summed E-state index contributed by atoms with van der Waals surface area (Å²) in [5.74, 6) is -0.0886. The topological polar surface area (TPSA) is 87.5 Å². The van der Waals surface area contributed by atoms with Crippen LogP contribution in [0.25, 0.3) is 0 Å². The Bertz CT molecular complexity index is 232. The highest BCUT2D eigenvalue weighted by Gasteiger charge is 2.16. The van der Waals surface area contributed by atoms with Gasteiger partial charge in [-0.05, 0) is 6.42 Å². The Morgan fingerprint density at radius 2 is 2.40 bits per heavy atom. The molecule has 15 heavy (non-hydrogen) atoms. The normalized spacial score (nSPS) is 18.1. The van der Waals surface area contributed by atoms with Gasteiger partial charge in [-0.3, -0.25) is 14.5 Å². The van der Waals surface area contributed by atoms with Gasteiger partial charge in [0.2, 0.25) is 11.8 Å². The molecule has 1 saturated heterocycles. The van der Waals surface area contributed by atoms with Crippen LogP contribution in [0.5, 0.6) is 0 Å². The highest BCUT2D eigenvalue weighted by Crippen LogP contribution is 1.95. The molecular weight excluding hydrogens is 196 g/mol. The van der Waals surface area contributed by atoms with E-state index in [1.165, 1.54) is 0 Å². The zero-order valence-corrected chi connectivity index (χ0v) is 8.79. The summed E-state index contributed by atoms with van der Waals surface area (Å²) in [6, 6.07) is 0. The third kappa shape index (κ3) is 4.75. The lowest BCUT2D eigenvalue weighted by Crippen LogP contribution is -2.41. The number of rotatable bonds is 4. The monoisotopic (exact) mass is 214 g/mol. The Morgan fingerprint density at radius 1 is 1.60 bits per heavy atom. The van der Waals surface area contributed by atoms with Gasteiger partial charge in [-0.1, -0.05) is 0 Å². The number of hydrogen-bond donors (Lipinski definition) is 3. The van der Waals surface area contributed by atoms with Gasteiger partial charge >= 0.3 is 0 Å². The van der Waals surface area contributed by atoms with Crippen molar-refractivity contribution in [3.8, 4) is 0 Å². The number of nitrogens with two attached hydrogens (primary N) is 1. The minimum atomic E-state index is -0.0739. The Morgan fingerprint density at radius 3 is 3.13 bits per heavy atom. The van der Waals surface area contributed by atoms with Crippen molar-refractivity contribution in [3.63, 3.8) is 0 Å². The van der Waals surface area contributed by atoms with Crippen LogP contribution >= 0.6 is 0 Å². The average Bonchev–Trinajstić information content (AvgIpc) is 2.39. The van der Waals surface area contributed by atoms with Gasteiger partial charge in [-0.15, -0.1) is 0 Å². The fourth-order valence-corrected chi connectivity index (χ4v) is 1.47. The summed E-state index contributed by atoms with van der Waals surface area (Å²) in [5.41, 5.74) is 5.26. The van der Waals surface area contributed by atoms with Gasteiger partial charge in [0.05, 0.1) is 13.1 Å². The lowest BCUT2D eigenvalue weighted by molar-refractivity contribution is -0.124. The fourth-order valence-electron chi connectivity index (χ4n) is 1.47. The number of nitrogens with zero attached hydrogens (tertiary/aromatic N) is 1. The third-order valence-corrected chi connectivity index (χ3v) is 2.17. The first-order chi connectivity index (χ1) is 7.22. The zero-order chi connectivity index (χ0) is 11.1. The summed E-state index contributed by atoms with van der Waals surface area (Å²) >= 11 is 0. The summed E-state index contributed by atoms with van der Waals surface area (Å²) in [6.45, 7) is 2.96. The number of hydrogen-bond acceptors (Lipinski definition) is 4. The molecule has 1 rings (SSSR count). The van der Waals surface area contributed by atoms with Crippen LogP contribution in [0.15, 0.2) is 0 Å². The van der Waals surface area contributed by atoms with Gasteiger partial charge in [-0.2, -0.15) is 0 Å². The van der Waals surface area contributed by atoms with E-state index in [0.29, 0.717) is 26.2 Å². The summed E-state index contributed by atoms with van der Waals surface area (Å²) in [6.07, 6.45) is 0.885. The number of amides is 2. The smallest absolute Gasteiger partial charge is 0.234 e. The van der Waals surface area contributed by atoms with E-state index in [0.717, 1.165) is 13.0 Å². The van der Waals surface area contributed by atoms with Crippen molar-refractivity contribution in [3.05, 3.63) is 0 Å². The minimum Gasteiger partial charge on any atom is -0.355 e. The van der Waals surface area contributed by atoms with E-state index in [9.17, 15) is 9.59 Å². The largest absolute Gasteiger partial charge is 0.355 e. The van der Waals surface area contributed by atoms with Crippen molar-refractivity contribution >= 4 is 11.8 Å². The van der Waals surface area contributed by atoms with Crippen LogP contribution in [0.2, 0.25) is 0 Å². The lowest BCUT2D eigenvalue weighted by Gasteiger charge is -2.17. The Balaban J connectivity index is 2.29. The molecule has 0 saturated carbocycles. The predicted octanol–water partition coefficient (Wildman–Crippen LogP) is -2.12. The van der Waals surface area contributed by atoms with Crippen LogP contribution in [0.1, 0.15) is 6.42 Å². The van der Waals surface area contributed by atoms with Crippen molar-refractivity contribution < 1.29 is 9.59 Å². The molecule has 0 unspecified atom stereocenters. The molecule has 0 radical (unpaired) electrons. The summed E-state index contributed by atoms with van der Waals surface area (Å²) < 4.78 is 0. The molecule has 0 aliphatic carbocycles. The van der Waals surface area contributed by atoms with Crippen LogP contribution < -0.4 is 16.4 Å². The second-order valence-corrected chi connectivity index (χ2v) is 3.55. The second kappa shape index (κ2) is 6.36. The summed E-state index contributed by atoms with van der Waals surface area (Å²) in [5, 5.41) is 5.44. The zero-order valence-electron chi connectivity index (χ0n) is 8.79. The molecule has 6 nitrogen and oxygen atoms in total. The molecule has 1 aliphatic heterocycles. The van der Waals surface area contributed by atoms with Gasteiger partial charge in [0.15, 0.2) is 0 Å². The van der Waals surface area contributed by atoms with E-state index in [4.69, 9.17) is 5.73 Å². The molecule has 0 spiro atoms. The van der Waals surface area contributed by atoms with E-state index >= 15 is 0 Å². The first kappa shape index (κ1) is 11.9. The van der Waals surface area contributed by atoms with Crippen molar-refractivity contribution in [1.82, 2.24) is 15.5 Å². The maximum Gasteiger partial charge on any atom is 0.234 e. The molecule has 86 valence electrons. The van der Waals surface area contributed by atoms with Gasteiger partial charge < -0.3 is 16.4 Å². The molecule has 0 aromatic rings. The maximum absolute atomic E-state index is 11.3. The average molecular weight is 214 g/mol. The van der Waals surface area contributed by atoms with Crippen molar-refractivity contribution in [2.75, 3.05) is 39.3 Å². The Hall–Kier alpha value is -1.14. The van der Waals surface area contributed by atoms with Crippen molar-refractivity contribution in [2.24, 2.45) is 5.73 Å². The SMILES string of the molecule is NCCNC(=O)CN1CCCNC(=O)C1. The van der Waals surface area contributed by atoms with E-state index < -0.39 is 0 Å². The van der Waals surface area contributed by atoms with Gasteiger partial charge in [0, 0.05) is 26.2 Å². The molecule has 4 N–H and O–H groups in total. The molecule has 1 heterocycles. The van der Waals surface area contributed by atoms with Crippen LogP contribution in [-0.2, 0) is 9.59 Å². The second-order valence-electron chi connectivity index (χ2n) is 3.55. The van der Waals surface area contributed by atoms with Crippen LogP contribution in [0, 0.1) is 0 Å². The molecule has 0 bridgehead atoms. The molecule has 1 aliphatic rings. The van der Waals surface area contributed by atoms with Crippen LogP contribution in [-0.4, -0.2) is 56.0 Å². The van der Waals surface area contributed by atoms with E-state index in [1.807, 2.05) is 4.90 Å². The Kier molecular flexibility index (Phi) is 5.06. The van der Waals surface area contributed by atoms with Crippen LogP contribution in [0.4, 0.5) is 0 Å². The quantitative estimate of drug-likeness (QED) is 0.499. The molecule has 2 amide bonds. The molecule has 6 heteroatoms. The van der Waals surface area contributed by atoms with Crippen LogP contribution in [0.3, 0.4) is 0 Å². The number of carbonyl (C=O) groups excluding carboxylic acids is 2. The highest BCUT2D eigenvalue weighted by molar-refractivity contribution is 5.81. The van der Waals surface area contributed by atoms with E-state index in [1.54, 1.807) is 0 Å². The summed E-state index contributed by atoms with van der Waals surface area (Å²) in [4.78, 5) is 24.4. The maximum atomic E-state index is 11.3. The third-order valence-electron chi connectivity index (χ3n) is 2.17. The first-order valence-corrected chi connectivity index (χ1v) is 5.18. The molecule has 1 fully saturated rings. The van der Waals surface area contributed by atoms with Gasteiger partial charge in [-0.25, -0.2) is 0 Å². The summed E-state index contributed by atoms with van der Waals surface area (Å²) in [7, 11) is 0. The fraction of sp³-hybridized carbons (Fsp3) is 0.778. The minimum absolute atomic E-state index is 0.0147. The molecule has 0 atom stereocenters. The predicted molar refractivity (Wildman–Crippen MR) is 56.1 cm³/mol. The molecule has 0 aromatic carbocycles. The highest BCUT2D eigenvalue weighted by atomic mass is 16.2. The number of carbonyl (C=O) groups is 2.